The minimum atomic E-state index is -0.126. The third-order valence-corrected chi connectivity index (χ3v) is 1.17. The van der Waals surface area contributed by atoms with Gasteiger partial charge in [0.05, 0.1) is 6.20 Å². The van der Waals surface area contributed by atoms with Gasteiger partial charge < -0.3 is 4.42 Å². The lowest BCUT2D eigenvalue weighted by Crippen LogP contribution is -1.80. The van der Waals surface area contributed by atoms with Crippen molar-refractivity contribution in [1.29, 1.82) is 0 Å². The molecular weight excluding hydrogens is 138 g/mol. The van der Waals surface area contributed by atoms with Crippen molar-refractivity contribution < 1.29 is 4.42 Å². The molecule has 2 nitrogen and oxygen atoms in total. The van der Waals surface area contributed by atoms with Gasteiger partial charge in [-0.25, -0.2) is 4.98 Å². The lowest BCUT2D eigenvalue weighted by molar-refractivity contribution is 0.472. The van der Waals surface area contributed by atoms with E-state index < -0.39 is 0 Å². The van der Waals surface area contributed by atoms with Crippen molar-refractivity contribution in [2.24, 2.45) is 0 Å². The lowest BCUT2D eigenvalue weighted by Gasteiger charge is -1.91. The van der Waals surface area contributed by atoms with Crippen molar-refractivity contribution in [2.75, 3.05) is 0 Å². The monoisotopic (exact) mass is 145 g/mol. The molecule has 0 saturated carbocycles. The molecule has 1 heterocycles. The number of aryl methyl sites for hydroxylation is 1. The van der Waals surface area contributed by atoms with E-state index in [1.807, 2.05) is 13.8 Å². The van der Waals surface area contributed by atoms with Crippen LogP contribution < -0.4 is 0 Å². The summed E-state index contributed by atoms with van der Waals surface area (Å²) in [5, 5.41) is -0.126. The smallest absolute Gasteiger partial charge is 0.212 e. The Morgan fingerprint density at radius 1 is 1.78 bits per heavy atom. The van der Waals surface area contributed by atoms with Crippen LogP contribution >= 0.6 is 11.6 Å². The van der Waals surface area contributed by atoms with Gasteiger partial charge in [0, 0.05) is 0 Å². The van der Waals surface area contributed by atoms with Crippen LogP contribution in [-0.4, -0.2) is 4.98 Å². The zero-order valence-corrected chi connectivity index (χ0v) is 6.14. The maximum absolute atomic E-state index is 5.66. The summed E-state index contributed by atoms with van der Waals surface area (Å²) in [6, 6.07) is 0. The molecule has 0 saturated heterocycles. The molecule has 0 aliphatic heterocycles. The Hall–Kier alpha value is -0.500. The van der Waals surface area contributed by atoms with Crippen LogP contribution in [0.4, 0.5) is 0 Å². The second kappa shape index (κ2) is 2.40. The highest BCUT2D eigenvalue weighted by molar-refractivity contribution is 6.20. The second-order valence-electron chi connectivity index (χ2n) is 1.93. The molecule has 0 aliphatic rings. The summed E-state index contributed by atoms with van der Waals surface area (Å²) in [4.78, 5) is 3.92. The number of hydrogen-bond donors (Lipinski definition) is 0. The predicted molar refractivity (Wildman–Crippen MR) is 35.5 cm³/mol. The summed E-state index contributed by atoms with van der Waals surface area (Å²) < 4.78 is 5.10. The van der Waals surface area contributed by atoms with E-state index >= 15 is 0 Å². The van der Waals surface area contributed by atoms with Crippen LogP contribution in [0.2, 0.25) is 0 Å². The van der Waals surface area contributed by atoms with Crippen LogP contribution in [0.5, 0.6) is 0 Å². The van der Waals surface area contributed by atoms with Crippen LogP contribution in [0.3, 0.4) is 0 Å². The van der Waals surface area contributed by atoms with Gasteiger partial charge in [0.2, 0.25) is 5.89 Å². The van der Waals surface area contributed by atoms with E-state index in [0.717, 1.165) is 5.76 Å². The van der Waals surface area contributed by atoms with Crippen molar-refractivity contribution in [2.45, 2.75) is 19.2 Å². The highest BCUT2D eigenvalue weighted by Crippen LogP contribution is 2.17. The molecule has 0 unspecified atom stereocenters. The Bertz CT molecular complexity index is 195. The molecule has 0 radical (unpaired) electrons. The predicted octanol–water partition coefficient (Wildman–Crippen LogP) is 2.28. The van der Waals surface area contributed by atoms with Gasteiger partial charge in [-0.05, 0) is 13.8 Å². The summed E-state index contributed by atoms with van der Waals surface area (Å²) in [6.45, 7) is 3.67. The SMILES string of the molecule is Cc1cnc([C@H](C)Cl)o1. The molecule has 1 aromatic rings. The second-order valence-corrected chi connectivity index (χ2v) is 2.58. The van der Waals surface area contributed by atoms with Gasteiger partial charge in [-0.15, -0.1) is 11.6 Å². The molecule has 0 aliphatic carbocycles. The van der Waals surface area contributed by atoms with Crippen LogP contribution in [0.15, 0.2) is 10.6 Å². The van der Waals surface area contributed by atoms with E-state index in [4.69, 9.17) is 16.0 Å². The van der Waals surface area contributed by atoms with Crippen molar-refractivity contribution in [3.8, 4) is 0 Å². The lowest BCUT2D eigenvalue weighted by atomic mass is 10.5. The fourth-order valence-electron chi connectivity index (χ4n) is 0.556. The van der Waals surface area contributed by atoms with Gasteiger partial charge in [-0.2, -0.15) is 0 Å². The first kappa shape index (κ1) is 6.62. The number of aromatic nitrogens is 1. The first-order valence-electron chi connectivity index (χ1n) is 2.76. The largest absolute Gasteiger partial charge is 0.444 e. The molecule has 0 spiro atoms. The van der Waals surface area contributed by atoms with E-state index in [1.165, 1.54) is 0 Å². The van der Waals surface area contributed by atoms with Crippen molar-refractivity contribution in [3.63, 3.8) is 0 Å². The van der Waals surface area contributed by atoms with E-state index in [0.29, 0.717) is 5.89 Å². The number of nitrogens with zero attached hydrogens (tertiary/aromatic N) is 1. The molecule has 1 rings (SSSR count). The highest BCUT2D eigenvalue weighted by atomic mass is 35.5. The molecule has 0 fully saturated rings. The summed E-state index contributed by atoms with van der Waals surface area (Å²) >= 11 is 5.66. The van der Waals surface area contributed by atoms with Crippen molar-refractivity contribution in [1.82, 2.24) is 4.98 Å². The van der Waals surface area contributed by atoms with E-state index in [-0.39, 0.29) is 5.38 Å². The van der Waals surface area contributed by atoms with Crippen molar-refractivity contribution in [3.05, 3.63) is 17.8 Å². The quantitative estimate of drug-likeness (QED) is 0.567. The summed E-state index contributed by atoms with van der Waals surface area (Å²) in [5.41, 5.74) is 0. The molecule has 0 N–H and O–H groups in total. The molecule has 50 valence electrons. The molecule has 1 atom stereocenters. The normalized spacial score (nSPS) is 13.7. The van der Waals surface area contributed by atoms with E-state index in [1.54, 1.807) is 6.20 Å². The molecule has 0 amide bonds. The number of hydrogen-bond acceptors (Lipinski definition) is 2. The fraction of sp³-hybridized carbons (Fsp3) is 0.500. The number of rotatable bonds is 1. The van der Waals surface area contributed by atoms with Crippen molar-refractivity contribution >= 4 is 11.6 Å². The average Bonchev–Trinajstić information content (AvgIpc) is 2.14. The maximum atomic E-state index is 5.66. The molecule has 9 heavy (non-hydrogen) atoms. The zero-order chi connectivity index (χ0) is 6.85. The maximum Gasteiger partial charge on any atom is 0.212 e. The minimum absolute atomic E-state index is 0.126. The van der Waals surface area contributed by atoms with Gasteiger partial charge in [-0.1, -0.05) is 0 Å². The van der Waals surface area contributed by atoms with E-state index in [9.17, 15) is 0 Å². The Labute approximate surface area is 58.8 Å². The van der Waals surface area contributed by atoms with Crippen LogP contribution in [0, 0.1) is 6.92 Å². The van der Waals surface area contributed by atoms with Gasteiger partial charge >= 0.3 is 0 Å². The molecule has 0 bridgehead atoms. The van der Waals surface area contributed by atoms with Gasteiger partial charge in [-0.3, -0.25) is 0 Å². The topological polar surface area (TPSA) is 26.0 Å². The van der Waals surface area contributed by atoms with Gasteiger partial charge in [0.1, 0.15) is 11.1 Å². The van der Waals surface area contributed by atoms with Gasteiger partial charge in [0.15, 0.2) is 0 Å². The van der Waals surface area contributed by atoms with Crippen LogP contribution in [-0.2, 0) is 0 Å². The zero-order valence-electron chi connectivity index (χ0n) is 5.39. The first-order chi connectivity index (χ1) is 4.20. The van der Waals surface area contributed by atoms with Crippen LogP contribution in [0.25, 0.3) is 0 Å². The van der Waals surface area contributed by atoms with Gasteiger partial charge in [0.25, 0.3) is 0 Å². The molecule has 0 aromatic carbocycles. The standard InChI is InChI=1S/C6H8ClNO/c1-4-3-8-6(9-4)5(2)7/h3,5H,1-2H3/t5-/m0/s1. The fourth-order valence-corrected chi connectivity index (χ4v) is 0.657. The minimum Gasteiger partial charge on any atom is -0.444 e. The molecule has 3 heteroatoms. The Morgan fingerprint density at radius 3 is 2.67 bits per heavy atom. The number of halogens is 1. The summed E-state index contributed by atoms with van der Waals surface area (Å²) in [6.07, 6.45) is 1.66. The summed E-state index contributed by atoms with van der Waals surface area (Å²) in [7, 11) is 0. The average molecular weight is 146 g/mol. The molecular formula is C6H8ClNO. The first-order valence-corrected chi connectivity index (χ1v) is 3.20. The third-order valence-electron chi connectivity index (χ3n) is 0.979. The van der Waals surface area contributed by atoms with Crippen LogP contribution in [0.1, 0.15) is 24.0 Å². The molecule has 1 aromatic heterocycles. The Balaban J connectivity index is 2.85. The number of oxazole rings is 1. The Morgan fingerprint density at radius 2 is 2.44 bits per heavy atom. The third kappa shape index (κ3) is 1.45. The number of alkyl halides is 1. The van der Waals surface area contributed by atoms with E-state index in [2.05, 4.69) is 4.98 Å². The Kier molecular flexibility index (Phi) is 1.76. The summed E-state index contributed by atoms with van der Waals surface area (Å²) in [5.74, 6) is 1.40. The highest BCUT2D eigenvalue weighted by Gasteiger charge is 2.05.